The van der Waals surface area contributed by atoms with Crippen molar-refractivity contribution >= 4 is 40.7 Å². The number of carbonyl (C=O) groups is 3. The Labute approximate surface area is 188 Å². The number of hydrogen-bond acceptors (Lipinski definition) is 5. The lowest BCUT2D eigenvalue weighted by atomic mass is 9.69. The maximum absolute atomic E-state index is 13.4. The number of aromatic amines is 1. The summed E-state index contributed by atoms with van der Waals surface area (Å²) in [6.07, 6.45) is 3.38. The van der Waals surface area contributed by atoms with Gasteiger partial charge in [0.25, 0.3) is 17.7 Å². The minimum atomic E-state index is -0.779. The van der Waals surface area contributed by atoms with Gasteiger partial charge >= 0.3 is 0 Å². The van der Waals surface area contributed by atoms with Gasteiger partial charge in [0.15, 0.2) is 5.69 Å². The number of nitrogens with one attached hydrogen (secondary N) is 3. The van der Waals surface area contributed by atoms with E-state index in [0.29, 0.717) is 37.1 Å². The number of amides is 3. The molecule has 0 unspecified atom stereocenters. The molecule has 1 aromatic heterocycles. The third-order valence-corrected chi connectivity index (χ3v) is 6.47. The Kier molecular flexibility index (Phi) is 5.72. The highest BCUT2D eigenvalue weighted by Crippen LogP contribution is 2.45. The van der Waals surface area contributed by atoms with Gasteiger partial charge in [0.05, 0.1) is 28.2 Å². The predicted octanol–water partition coefficient (Wildman–Crippen LogP) is 2.64. The summed E-state index contributed by atoms with van der Waals surface area (Å²) in [6.45, 7) is 1.80. The van der Waals surface area contributed by atoms with Gasteiger partial charge in [-0.15, -0.1) is 0 Å². The minimum absolute atomic E-state index is 0.0245. The molecule has 1 aromatic carbocycles. The number of halogens is 2. The van der Waals surface area contributed by atoms with Gasteiger partial charge < -0.3 is 15.6 Å². The number of aromatic nitrogens is 2. The highest BCUT2D eigenvalue weighted by atomic mass is 35.5. The monoisotopic (exact) mass is 460 g/mol. The molecule has 0 saturated heterocycles. The Balaban J connectivity index is 1.45. The number of carbonyl (C=O) groups excluding carboxylic acids is 3. The third kappa shape index (κ3) is 3.64. The van der Waals surface area contributed by atoms with Crippen LogP contribution in [0.25, 0.3) is 0 Å². The van der Waals surface area contributed by atoms with Crippen LogP contribution in [0.3, 0.4) is 0 Å². The molecule has 32 heavy (non-hydrogen) atoms. The molecule has 3 N–H and O–H groups in total. The third-order valence-electron chi connectivity index (χ3n) is 6.17. The summed E-state index contributed by atoms with van der Waals surface area (Å²) in [5.41, 5.74) is 0.347. The van der Waals surface area contributed by atoms with Gasteiger partial charge in [0.1, 0.15) is 11.5 Å². The van der Waals surface area contributed by atoms with Crippen LogP contribution in [0.5, 0.6) is 0 Å². The second-order valence-corrected chi connectivity index (χ2v) is 8.34. The molecular formula is C21H22ClFN6O3. The van der Waals surface area contributed by atoms with E-state index < -0.39 is 23.0 Å². The second-order valence-electron chi connectivity index (χ2n) is 7.93. The molecule has 2 aliphatic rings. The number of rotatable bonds is 4. The standard InChI is InChI=1S/C21H22ClFN6O3/c1-11-21(20(32)29(28-11)15-4-3-12(23)9-14(15)22)7-5-13(6-8-21)27-19(31)17-16(18(30)24-2)25-10-26-17/h3-4,9-10,13H,5-8H2,1-2H3,(H,24,30)(H,25,26)(H,27,31). The number of benzene rings is 1. The second kappa shape index (κ2) is 8.34. The Morgan fingerprint density at radius 3 is 2.66 bits per heavy atom. The van der Waals surface area contributed by atoms with Crippen molar-refractivity contribution in [2.45, 2.75) is 38.6 Å². The van der Waals surface area contributed by atoms with E-state index in [1.165, 1.54) is 30.5 Å². The van der Waals surface area contributed by atoms with Gasteiger partial charge in [-0.25, -0.2) is 9.37 Å². The van der Waals surface area contributed by atoms with Crippen molar-refractivity contribution in [2.24, 2.45) is 10.5 Å². The van der Waals surface area contributed by atoms with Crippen LogP contribution in [0.15, 0.2) is 29.6 Å². The van der Waals surface area contributed by atoms with Gasteiger partial charge in [0.2, 0.25) is 0 Å². The topological polar surface area (TPSA) is 120 Å². The van der Waals surface area contributed by atoms with Crippen LogP contribution in [-0.2, 0) is 4.79 Å². The lowest BCUT2D eigenvalue weighted by Gasteiger charge is -2.36. The van der Waals surface area contributed by atoms with Crippen molar-refractivity contribution < 1.29 is 18.8 Å². The van der Waals surface area contributed by atoms with Crippen molar-refractivity contribution in [3.05, 3.63) is 46.8 Å². The fraction of sp³-hybridized carbons (Fsp3) is 0.381. The molecule has 1 saturated carbocycles. The molecule has 1 aliphatic heterocycles. The molecule has 11 heteroatoms. The van der Waals surface area contributed by atoms with E-state index >= 15 is 0 Å². The van der Waals surface area contributed by atoms with Gasteiger partial charge in [0, 0.05) is 13.1 Å². The Morgan fingerprint density at radius 1 is 1.28 bits per heavy atom. The van der Waals surface area contributed by atoms with Crippen LogP contribution < -0.4 is 15.6 Å². The lowest BCUT2D eigenvalue weighted by Crippen LogP contribution is -2.47. The first-order valence-electron chi connectivity index (χ1n) is 10.2. The Hall–Kier alpha value is -3.27. The zero-order valence-corrected chi connectivity index (χ0v) is 18.3. The van der Waals surface area contributed by atoms with Crippen LogP contribution in [-0.4, -0.2) is 46.5 Å². The van der Waals surface area contributed by atoms with E-state index in [2.05, 4.69) is 25.7 Å². The largest absolute Gasteiger partial charge is 0.354 e. The fourth-order valence-electron chi connectivity index (χ4n) is 4.31. The summed E-state index contributed by atoms with van der Waals surface area (Å²) in [6, 6.07) is 3.64. The molecule has 1 aliphatic carbocycles. The van der Waals surface area contributed by atoms with Gasteiger partial charge in [-0.1, -0.05) is 11.6 Å². The summed E-state index contributed by atoms with van der Waals surface area (Å²) in [5, 5.41) is 11.1. The zero-order valence-electron chi connectivity index (χ0n) is 17.5. The summed E-state index contributed by atoms with van der Waals surface area (Å²) < 4.78 is 13.4. The van der Waals surface area contributed by atoms with Crippen LogP contribution in [0, 0.1) is 11.2 Å². The van der Waals surface area contributed by atoms with Crippen molar-refractivity contribution in [2.75, 3.05) is 12.1 Å². The van der Waals surface area contributed by atoms with Crippen molar-refractivity contribution in [1.29, 1.82) is 0 Å². The van der Waals surface area contributed by atoms with E-state index in [0.717, 1.165) is 6.07 Å². The first kappa shape index (κ1) is 21.9. The molecule has 2 heterocycles. The highest BCUT2D eigenvalue weighted by molar-refractivity contribution is 6.34. The molecule has 0 bridgehead atoms. The lowest BCUT2D eigenvalue weighted by molar-refractivity contribution is -0.125. The quantitative estimate of drug-likeness (QED) is 0.649. The van der Waals surface area contributed by atoms with Gasteiger partial charge in [-0.05, 0) is 50.8 Å². The number of H-pyrrole nitrogens is 1. The van der Waals surface area contributed by atoms with E-state index in [9.17, 15) is 18.8 Å². The Morgan fingerprint density at radius 2 is 2.00 bits per heavy atom. The van der Waals surface area contributed by atoms with Gasteiger partial charge in [-0.3, -0.25) is 14.4 Å². The molecule has 0 atom stereocenters. The molecule has 3 amide bonds. The maximum Gasteiger partial charge on any atom is 0.272 e. The van der Waals surface area contributed by atoms with E-state index in [4.69, 9.17) is 11.6 Å². The Bertz CT molecular complexity index is 1120. The molecule has 0 radical (unpaired) electrons. The maximum atomic E-state index is 13.4. The number of nitrogens with zero attached hydrogens (tertiary/aromatic N) is 3. The van der Waals surface area contributed by atoms with Crippen LogP contribution >= 0.6 is 11.6 Å². The summed E-state index contributed by atoms with van der Waals surface area (Å²) in [7, 11) is 1.47. The van der Waals surface area contributed by atoms with Gasteiger partial charge in [-0.2, -0.15) is 10.1 Å². The molecular weight excluding hydrogens is 439 g/mol. The number of hydrogen-bond donors (Lipinski definition) is 3. The van der Waals surface area contributed by atoms with E-state index in [-0.39, 0.29) is 28.4 Å². The SMILES string of the molecule is CNC(=O)c1[nH]cnc1C(=O)NC1CCC2(CC1)C(=O)N(c1ccc(F)cc1Cl)N=C2C. The fourth-order valence-corrected chi connectivity index (χ4v) is 4.56. The highest BCUT2D eigenvalue weighted by Gasteiger charge is 2.51. The first-order chi connectivity index (χ1) is 15.3. The minimum Gasteiger partial charge on any atom is -0.354 e. The zero-order chi connectivity index (χ0) is 23.0. The number of anilines is 1. The molecule has 1 fully saturated rings. The molecule has 2 aromatic rings. The van der Waals surface area contributed by atoms with Crippen molar-refractivity contribution in [1.82, 2.24) is 20.6 Å². The predicted molar refractivity (Wildman–Crippen MR) is 116 cm³/mol. The van der Waals surface area contributed by atoms with E-state index in [1.807, 2.05) is 0 Å². The average molecular weight is 461 g/mol. The van der Waals surface area contributed by atoms with E-state index in [1.54, 1.807) is 6.92 Å². The smallest absolute Gasteiger partial charge is 0.272 e. The number of hydrazone groups is 1. The first-order valence-corrected chi connectivity index (χ1v) is 10.6. The normalized spacial score (nSPS) is 22.8. The molecule has 4 rings (SSSR count). The van der Waals surface area contributed by atoms with Crippen molar-refractivity contribution in [3.8, 4) is 0 Å². The summed E-state index contributed by atoms with van der Waals surface area (Å²) >= 11 is 6.14. The molecule has 9 nitrogen and oxygen atoms in total. The summed E-state index contributed by atoms with van der Waals surface area (Å²) in [5.74, 6) is -1.58. The number of imidazole rings is 1. The molecule has 1 spiro atoms. The molecule has 168 valence electrons. The van der Waals surface area contributed by atoms with Crippen LogP contribution in [0.1, 0.15) is 53.6 Å². The van der Waals surface area contributed by atoms with Crippen molar-refractivity contribution in [3.63, 3.8) is 0 Å². The van der Waals surface area contributed by atoms with Crippen LogP contribution in [0.4, 0.5) is 10.1 Å². The van der Waals surface area contributed by atoms with Crippen LogP contribution in [0.2, 0.25) is 5.02 Å². The summed E-state index contributed by atoms with van der Waals surface area (Å²) in [4.78, 5) is 44.5. The average Bonchev–Trinajstić information content (AvgIpc) is 3.35.